The van der Waals surface area contributed by atoms with E-state index in [0.29, 0.717) is 11.6 Å². The molecule has 3 aromatic rings. The number of nitrogens with one attached hydrogen (secondary N) is 2. The number of methoxy groups -OCH3 is 1. The standard InChI is InChI=1S/C21H24N6O/c1-28-20-5-3-2-4-17(20)26-21-12-18(25-15-8-6-14(23)7-9-15)16(13-22)19-10-11-24-27(19)21/h2-5,10-12,14-15,25-26H,6-9,23H2,1H3. The van der Waals surface area contributed by atoms with Gasteiger partial charge in [-0.3, -0.25) is 0 Å². The van der Waals surface area contributed by atoms with Crippen molar-refractivity contribution in [2.24, 2.45) is 5.73 Å². The topological polar surface area (TPSA) is 100 Å². The molecule has 1 aliphatic carbocycles. The smallest absolute Gasteiger partial charge is 0.142 e. The lowest BCUT2D eigenvalue weighted by molar-refractivity contribution is 0.411. The summed E-state index contributed by atoms with van der Waals surface area (Å²) in [7, 11) is 1.64. The molecule has 1 aliphatic rings. The zero-order chi connectivity index (χ0) is 19.5. The first-order valence-electron chi connectivity index (χ1n) is 9.52. The third-order valence-corrected chi connectivity index (χ3v) is 5.29. The molecule has 1 fully saturated rings. The zero-order valence-corrected chi connectivity index (χ0v) is 15.9. The third kappa shape index (κ3) is 3.47. The SMILES string of the molecule is COc1ccccc1Nc1cc(NC2CCC(N)CC2)c(C#N)c2ccnn12. The fourth-order valence-electron chi connectivity index (χ4n) is 3.78. The molecule has 0 amide bonds. The number of nitrogens with zero attached hydrogens (tertiary/aromatic N) is 3. The van der Waals surface area contributed by atoms with Crippen LogP contribution >= 0.6 is 0 Å². The molecule has 4 rings (SSSR count). The summed E-state index contributed by atoms with van der Waals surface area (Å²) in [5.41, 5.74) is 9.04. The lowest BCUT2D eigenvalue weighted by Gasteiger charge is -2.28. The highest BCUT2D eigenvalue weighted by atomic mass is 16.5. The van der Waals surface area contributed by atoms with Gasteiger partial charge < -0.3 is 21.1 Å². The van der Waals surface area contributed by atoms with Crippen LogP contribution in [0, 0.1) is 11.3 Å². The number of para-hydroxylation sites is 2. The highest BCUT2D eigenvalue weighted by Crippen LogP contribution is 2.32. The van der Waals surface area contributed by atoms with Crippen molar-refractivity contribution < 1.29 is 4.74 Å². The summed E-state index contributed by atoms with van der Waals surface area (Å²) in [4.78, 5) is 0. The van der Waals surface area contributed by atoms with E-state index in [9.17, 15) is 5.26 Å². The van der Waals surface area contributed by atoms with Gasteiger partial charge in [-0.1, -0.05) is 12.1 Å². The van der Waals surface area contributed by atoms with Crippen molar-refractivity contribution in [3.8, 4) is 11.8 Å². The number of anilines is 3. The van der Waals surface area contributed by atoms with E-state index in [1.165, 1.54) is 0 Å². The van der Waals surface area contributed by atoms with E-state index in [4.69, 9.17) is 10.5 Å². The van der Waals surface area contributed by atoms with Crippen molar-refractivity contribution in [3.63, 3.8) is 0 Å². The Morgan fingerprint density at radius 3 is 2.71 bits per heavy atom. The van der Waals surface area contributed by atoms with Crippen LogP contribution in [0.5, 0.6) is 5.75 Å². The maximum atomic E-state index is 9.78. The molecule has 0 unspecified atom stereocenters. The quantitative estimate of drug-likeness (QED) is 0.628. The summed E-state index contributed by atoms with van der Waals surface area (Å²) in [5, 5.41) is 21.1. The minimum absolute atomic E-state index is 0.286. The van der Waals surface area contributed by atoms with Gasteiger partial charge in [0.05, 0.1) is 30.2 Å². The van der Waals surface area contributed by atoms with Crippen LogP contribution in [0.2, 0.25) is 0 Å². The van der Waals surface area contributed by atoms with E-state index < -0.39 is 0 Å². The first-order chi connectivity index (χ1) is 13.7. The molecular formula is C21H24N6O. The minimum atomic E-state index is 0.286. The predicted octanol–water partition coefficient (Wildman–Crippen LogP) is 3.64. The van der Waals surface area contributed by atoms with Crippen molar-refractivity contribution in [2.75, 3.05) is 17.7 Å². The fraction of sp³-hybridized carbons (Fsp3) is 0.333. The Morgan fingerprint density at radius 2 is 1.96 bits per heavy atom. The summed E-state index contributed by atoms with van der Waals surface area (Å²) >= 11 is 0. The van der Waals surface area contributed by atoms with E-state index in [1.807, 2.05) is 36.4 Å². The maximum Gasteiger partial charge on any atom is 0.142 e. The molecule has 0 radical (unpaired) electrons. The molecule has 2 aromatic heterocycles. The van der Waals surface area contributed by atoms with Gasteiger partial charge in [0.15, 0.2) is 0 Å². The second kappa shape index (κ2) is 7.79. The summed E-state index contributed by atoms with van der Waals surface area (Å²) in [6.07, 6.45) is 5.71. The van der Waals surface area contributed by atoms with Gasteiger partial charge in [-0.2, -0.15) is 10.4 Å². The van der Waals surface area contributed by atoms with E-state index in [1.54, 1.807) is 17.8 Å². The molecule has 1 saturated carbocycles. The Kier molecular flexibility index (Phi) is 5.04. The summed E-state index contributed by atoms with van der Waals surface area (Å²) in [6, 6.07) is 14.5. The van der Waals surface area contributed by atoms with E-state index in [2.05, 4.69) is 21.8 Å². The number of nitrogens with two attached hydrogens (primary N) is 1. The number of nitriles is 1. The normalized spacial score (nSPS) is 19.2. The Bertz CT molecular complexity index is 1010. The molecule has 0 bridgehead atoms. The first kappa shape index (κ1) is 18.1. The van der Waals surface area contributed by atoms with Crippen LogP contribution in [0.3, 0.4) is 0 Å². The van der Waals surface area contributed by atoms with Crippen LogP contribution in [-0.4, -0.2) is 28.8 Å². The zero-order valence-electron chi connectivity index (χ0n) is 15.9. The predicted molar refractivity (Wildman–Crippen MR) is 110 cm³/mol. The van der Waals surface area contributed by atoms with Crippen molar-refractivity contribution in [1.82, 2.24) is 9.61 Å². The Morgan fingerprint density at radius 1 is 1.18 bits per heavy atom. The van der Waals surface area contributed by atoms with Crippen molar-refractivity contribution in [2.45, 2.75) is 37.8 Å². The van der Waals surface area contributed by atoms with Crippen molar-refractivity contribution in [1.29, 1.82) is 5.26 Å². The molecule has 0 atom stereocenters. The molecule has 1 aromatic carbocycles. The molecule has 28 heavy (non-hydrogen) atoms. The molecule has 0 saturated heterocycles. The maximum absolute atomic E-state index is 9.78. The summed E-state index contributed by atoms with van der Waals surface area (Å²) in [6.45, 7) is 0. The molecule has 144 valence electrons. The van der Waals surface area contributed by atoms with Crippen LogP contribution in [0.15, 0.2) is 42.6 Å². The Balaban J connectivity index is 1.72. The van der Waals surface area contributed by atoms with E-state index in [0.717, 1.165) is 54.1 Å². The first-order valence-corrected chi connectivity index (χ1v) is 9.52. The molecule has 7 heteroatoms. The lowest BCUT2D eigenvalue weighted by Crippen LogP contribution is -2.33. The van der Waals surface area contributed by atoms with Gasteiger partial charge >= 0.3 is 0 Å². The summed E-state index contributed by atoms with van der Waals surface area (Å²) < 4.78 is 7.19. The van der Waals surface area contributed by atoms with Gasteiger partial charge in [0.25, 0.3) is 0 Å². The van der Waals surface area contributed by atoms with Gasteiger partial charge in [-0.05, 0) is 43.9 Å². The van der Waals surface area contributed by atoms with Crippen LogP contribution in [0.4, 0.5) is 17.2 Å². The van der Waals surface area contributed by atoms with Crippen LogP contribution in [0.1, 0.15) is 31.2 Å². The summed E-state index contributed by atoms with van der Waals surface area (Å²) in [5.74, 6) is 1.50. The van der Waals surface area contributed by atoms with Gasteiger partial charge in [0, 0.05) is 18.2 Å². The number of benzene rings is 1. The lowest BCUT2D eigenvalue weighted by atomic mass is 9.91. The number of fused-ring (bicyclic) bond motifs is 1. The highest BCUT2D eigenvalue weighted by Gasteiger charge is 2.21. The minimum Gasteiger partial charge on any atom is -0.495 e. The fourth-order valence-corrected chi connectivity index (χ4v) is 3.78. The Labute approximate surface area is 164 Å². The van der Waals surface area contributed by atoms with Gasteiger partial charge in [-0.15, -0.1) is 0 Å². The highest BCUT2D eigenvalue weighted by molar-refractivity contribution is 5.79. The number of aromatic nitrogens is 2. The molecule has 0 aliphatic heterocycles. The Hall–Kier alpha value is -3.24. The third-order valence-electron chi connectivity index (χ3n) is 5.29. The monoisotopic (exact) mass is 376 g/mol. The second-order valence-electron chi connectivity index (χ2n) is 7.14. The number of rotatable bonds is 5. The van der Waals surface area contributed by atoms with Crippen LogP contribution in [0.25, 0.3) is 5.52 Å². The number of hydrogen-bond acceptors (Lipinski definition) is 6. The molecule has 4 N–H and O–H groups in total. The largest absolute Gasteiger partial charge is 0.495 e. The molecular weight excluding hydrogens is 352 g/mol. The van der Waals surface area contributed by atoms with Gasteiger partial charge in [0.2, 0.25) is 0 Å². The second-order valence-corrected chi connectivity index (χ2v) is 7.14. The van der Waals surface area contributed by atoms with Crippen molar-refractivity contribution in [3.05, 3.63) is 48.2 Å². The number of ether oxygens (including phenoxy) is 1. The number of pyridine rings is 1. The van der Waals surface area contributed by atoms with Crippen LogP contribution < -0.4 is 21.1 Å². The van der Waals surface area contributed by atoms with Crippen LogP contribution in [-0.2, 0) is 0 Å². The van der Waals surface area contributed by atoms with Crippen molar-refractivity contribution >= 4 is 22.7 Å². The average Bonchev–Trinajstić information content (AvgIpc) is 3.20. The van der Waals surface area contributed by atoms with E-state index in [-0.39, 0.29) is 6.04 Å². The average molecular weight is 376 g/mol. The number of hydrogen-bond donors (Lipinski definition) is 3. The van der Waals surface area contributed by atoms with Gasteiger partial charge in [-0.25, -0.2) is 4.52 Å². The van der Waals surface area contributed by atoms with E-state index >= 15 is 0 Å². The molecule has 2 heterocycles. The molecule has 0 spiro atoms. The molecule has 7 nitrogen and oxygen atoms in total. The van der Waals surface area contributed by atoms with Gasteiger partial charge in [0.1, 0.15) is 23.2 Å².